The Morgan fingerprint density at radius 1 is 0.591 bits per heavy atom. The van der Waals surface area contributed by atoms with E-state index in [2.05, 4.69) is 62.6 Å². The second-order valence-corrected chi connectivity index (χ2v) is 7.35. The zero-order valence-electron chi connectivity index (χ0n) is 16.3. The van der Waals surface area contributed by atoms with E-state index in [-0.39, 0.29) is 0 Å². The first-order valence-corrected chi connectivity index (χ1v) is 9.74. The van der Waals surface area contributed by atoms with Crippen molar-refractivity contribution in [2.75, 3.05) is 0 Å². The fourth-order valence-corrected chi connectivity index (χ4v) is 4.27. The quantitative estimate of drug-likeness (QED) is 0.606. The first-order chi connectivity index (χ1) is 10.5. The second kappa shape index (κ2) is 10.0. The van der Waals surface area contributed by atoms with Crippen molar-refractivity contribution in [1.29, 1.82) is 0 Å². The van der Waals surface area contributed by atoms with Crippen molar-refractivity contribution in [3.05, 3.63) is 0 Å². The summed E-state index contributed by atoms with van der Waals surface area (Å²) in [5.41, 5.74) is 0. The second-order valence-electron chi connectivity index (χ2n) is 7.35. The average Bonchev–Trinajstić information content (AvgIpc) is 2.50. The SMILES string of the molecule is CCC(CC)N1BN(C(CC)CC)BN(C(CC)C(C)C)B1. The Bertz CT molecular complexity index is 276. The fourth-order valence-electron chi connectivity index (χ4n) is 4.27. The molecule has 126 valence electrons. The van der Waals surface area contributed by atoms with E-state index in [9.17, 15) is 0 Å². The van der Waals surface area contributed by atoms with Crippen LogP contribution in [-0.2, 0) is 0 Å². The Morgan fingerprint density at radius 3 is 1.23 bits per heavy atom. The van der Waals surface area contributed by atoms with Gasteiger partial charge in [-0.1, -0.05) is 48.5 Å². The molecule has 1 aliphatic heterocycles. The molecule has 0 aromatic carbocycles. The van der Waals surface area contributed by atoms with Gasteiger partial charge < -0.3 is 14.2 Å². The topological polar surface area (TPSA) is 9.72 Å². The van der Waals surface area contributed by atoms with Crippen molar-refractivity contribution in [1.82, 2.24) is 14.2 Å². The summed E-state index contributed by atoms with van der Waals surface area (Å²) in [6.45, 7) is 16.5. The lowest BCUT2D eigenvalue weighted by Gasteiger charge is -2.49. The molecule has 1 rings (SSSR count). The molecule has 1 atom stereocenters. The van der Waals surface area contributed by atoms with Crippen LogP contribution in [0.25, 0.3) is 0 Å². The molecule has 1 fully saturated rings. The van der Waals surface area contributed by atoms with E-state index in [1.54, 1.807) is 0 Å². The Labute approximate surface area is 142 Å². The molecular weight excluding hydrogens is 267 g/mol. The lowest BCUT2D eigenvalue weighted by molar-refractivity contribution is 0.284. The van der Waals surface area contributed by atoms with Crippen molar-refractivity contribution in [3.63, 3.8) is 0 Å². The van der Waals surface area contributed by atoms with Crippen LogP contribution in [0.2, 0.25) is 0 Å². The molecule has 1 aliphatic rings. The molecule has 0 spiro atoms. The maximum Gasteiger partial charge on any atom is 0.271 e. The van der Waals surface area contributed by atoms with Crippen molar-refractivity contribution >= 4 is 22.6 Å². The van der Waals surface area contributed by atoms with Gasteiger partial charge in [-0.05, 0) is 56.1 Å². The summed E-state index contributed by atoms with van der Waals surface area (Å²) in [5, 5.41) is 0. The number of hydrogen-bond acceptors (Lipinski definition) is 3. The van der Waals surface area contributed by atoms with E-state index >= 15 is 0 Å². The van der Waals surface area contributed by atoms with Crippen LogP contribution < -0.4 is 0 Å². The molecule has 0 radical (unpaired) electrons. The van der Waals surface area contributed by atoms with Crippen LogP contribution in [0.3, 0.4) is 0 Å². The van der Waals surface area contributed by atoms with E-state index in [0.717, 1.165) is 40.6 Å². The molecule has 22 heavy (non-hydrogen) atoms. The first kappa shape index (κ1) is 20.1. The smallest absolute Gasteiger partial charge is 0.271 e. The van der Waals surface area contributed by atoms with Gasteiger partial charge in [-0.3, -0.25) is 0 Å². The van der Waals surface area contributed by atoms with Crippen LogP contribution in [-0.4, -0.2) is 54.9 Å². The van der Waals surface area contributed by atoms with Crippen molar-refractivity contribution in [2.24, 2.45) is 5.92 Å². The van der Waals surface area contributed by atoms with Gasteiger partial charge in [0, 0.05) is 0 Å². The third kappa shape index (κ3) is 5.04. The van der Waals surface area contributed by atoms with Gasteiger partial charge in [0.25, 0.3) is 22.6 Å². The van der Waals surface area contributed by atoms with E-state index in [1.165, 1.54) is 32.1 Å². The molecule has 1 unspecified atom stereocenters. The minimum atomic E-state index is 0.703. The summed E-state index contributed by atoms with van der Waals surface area (Å²) in [6.07, 6.45) is 6.31. The standard InChI is InChI=1S/C16H38B3N3/c1-8-14(9-2)20-17-21(15(10-3)11-4)19-22(18-20)16(12-5)13(6)7/h13-19H,8-12H2,1-7H3. The van der Waals surface area contributed by atoms with Crippen molar-refractivity contribution in [3.8, 4) is 0 Å². The third-order valence-corrected chi connectivity index (χ3v) is 5.66. The van der Waals surface area contributed by atoms with Crippen LogP contribution >= 0.6 is 0 Å². The molecule has 6 heteroatoms. The van der Waals surface area contributed by atoms with Crippen LogP contribution in [0, 0.1) is 5.92 Å². The van der Waals surface area contributed by atoms with Gasteiger partial charge in [0.05, 0.1) is 0 Å². The maximum absolute atomic E-state index is 2.74. The Kier molecular flexibility index (Phi) is 9.19. The van der Waals surface area contributed by atoms with Gasteiger partial charge in [-0.15, -0.1) is 0 Å². The molecule has 0 saturated carbocycles. The largest absolute Gasteiger partial charge is 0.361 e. The number of hydrogen-bond donors (Lipinski definition) is 0. The Hall–Kier alpha value is 0.0748. The predicted molar refractivity (Wildman–Crippen MR) is 105 cm³/mol. The molecule has 0 bridgehead atoms. The fraction of sp³-hybridized carbons (Fsp3) is 1.00. The van der Waals surface area contributed by atoms with Gasteiger partial charge in [-0.2, -0.15) is 0 Å². The molecule has 0 aliphatic carbocycles. The highest BCUT2D eigenvalue weighted by molar-refractivity contribution is 6.65. The van der Waals surface area contributed by atoms with Gasteiger partial charge in [0.1, 0.15) is 0 Å². The number of nitrogens with zero attached hydrogens (tertiary/aromatic N) is 3. The van der Waals surface area contributed by atoms with Crippen LogP contribution in [0.5, 0.6) is 0 Å². The van der Waals surface area contributed by atoms with E-state index < -0.39 is 0 Å². The molecule has 1 heterocycles. The highest BCUT2D eigenvalue weighted by Gasteiger charge is 2.36. The minimum absolute atomic E-state index is 0.703. The first-order valence-electron chi connectivity index (χ1n) is 9.74. The van der Waals surface area contributed by atoms with Gasteiger partial charge >= 0.3 is 0 Å². The highest BCUT2D eigenvalue weighted by Crippen LogP contribution is 2.21. The summed E-state index contributed by atoms with van der Waals surface area (Å²) in [7, 11) is 3.46. The molecule has 1 saturated heterocycles. The van der Waals surface area contributed by atoms with Crippen LogP contribution in [0.4, 0.5) is 0 Å². The van der Waals surface area contributed by atoms with Crippen LogP contribution in [0.15, 0.2) is 0 Å². The third-order valence-electron chi connectivity index (χ3n) is 5.66. The van der Waals surface area contributed by atoms with Gasteiger partial charge in [-0.25, -0.2) is 0 Å². The zero-order chi connectivity index (χ0) is 16.7. The van der Waals surface area contributed by atoms with E-state index in [4.69, 9.17) is 0 Å². The summed E-state index contributed by atoms with van der Waals surface area (Å²) < 4.78 is 8.20. The van der Waals surface area contributed by atoms with E-state index in [1.807, 2.05) is 0 Å². The Morgan fingerprint density at radius 2 is 0.955 bits per heavy atom. The van der Waals surface area contributed by atoms with Gasteiger partial charge in [0.2, 0.25) is 0 Å². The molecule has 0 N–H and O–H groups in total. The Balaban J connectivity index is 2.92. The molecule has 3 nitrogen and oxygen atoms in total. The minimum Gasteiger partial charge on any atom is -0.361 e. The summed E-state index contributed by atoms with van der Waals surface area (Å²) in [5.74, 6) is 0.732. The number of rotatable bonds is 9. The van der Waals surface area contributed by atoms with Crippen LogP contribution in [0.1, 0.15) is 80.6 Å². The van der Waals surface area contributed by atoms with Crippen molar-refractivity contribution < 1.29 is 0 Å². The normalized spacial score (nSPS) is 19.4. The van der Waals surface area contributed by atoms with Gasteiger partial charge in [0.15, 0.2) is 0 Å². The summed E-state index contributed by atoms with van der Waals surface area (Å²) in [6, 6.07) is 2.16. The molecule has 0 aromatic heterocycles. The average molecular weight is 305 g/mol. The molecule has 0 aromatic rings. The highest BCUT2D eigenvalue weighted by atomic mass is 15.3. The van der Waals surface area contributed by atoms with E-state index in [0.29, 0.717) is 6.04 Å². The summed E-state index contributed by atoms with van der Waals surface area (Å²) in [4.78, 5) is 0. The maximum atomic E-state index is 2.74. The lowest BCUT2D eigenvalue weighted by Crippen LogP contribution is -2.68. The predicted octanol–water partition coefficient (Wildman–Crippen LogP) is 2.52. The monoisotopic (exact) mass is 305 g/mol. The summed E-state index contributed by atoms with van der Waals surface area (Å²) >= 11 is 0. The lowest BCUT2D eigenvalue weighted by atomic mass is 9.68. The van der Waals surface area contributed by atoms with Crippen molar-refractivity contribution in [2.45, 2.75) is 98.7 Å². The molecular formula is C16H38B3N3. The zero-order valence-corrected chi connectivity index (χ0v) is 16.3. The molecule has 0 amide bonds.